The molecular weight excluding hydrogens is 475 g/mol. The van der Waals surface area contributed by atoms with E-state index in [-0.39, 0.29) is 5.97 Å². The Balaban J connectivity index is 0.000000406. The maximum absolute atomic E-state index is 11.7. The smallest absolute Gasteiger partial charge is 0.490 e. The molecule has 8 nitrogen and oxygen atoms in total. The molecule has 0 spiro atoms. The Morgan fingerprint density at radius 1 is 1.06 bits per heavy atom. The normalized spacial score (nSPS) is 11.0. The fourth-order valence-electron chi connectivity index (χ4n) is 2.68. The van der Waals surface area contributed by atoms with Gasteiger partial charge < -0.3 is 14.6 Å². The Bertz CT molecular complexity index is 1250. The van der Waals surface area contributed by atoms with Crippen LogP contribution in [0.4, 0.5) is 13.2 Å². The highest BCUT2D eigenvalue weighted by atomic mass is 32.1. The van der Waals surface area contributed by atoms with Crippen LogP contribution in [-0.4, -0.2) is 51.5 Å². The van der Waals surface area contributed by atoms with Crippen molar-refractivity contribution in [2.24, 2.45) is 0 Å². The first-order valence-electron chi connectivity index (χ1n) is 9.70. The van der Waals surface area contributed by atoms with E-state index in [1.54, 1.807) is 30.7 Å². The number of ether oxygens (including phenoxy) is 2. The molecule has 0 atom stereocenters. The lowest BCUT2D eigenvalue weighted by atomic mass is 10.1. The van der Waals surface area contributed by atoms with E-state index in [0.29, 0.717) is 12.2 Å². The lowest BCUT2D eigenvalue weighted by molar-refractivity contribution is -0.192. The highest BCUT2D eigenvalue weighted by Crippen LogP contribution is 2.29. The van der Waals surface area contributed by atoms with Gasteiger partial charge in [0.2, 0.25) is 4.96 Å². The van der Waals surface area contributed by atoms with Crippen LogP contribution in [0, 0.1) is 0 Å². The van der Waals surface area contributed by atoms with Crippen LogP contribution in [-0.2, 0) is 9.53 Å². The van der Waals surface area contributed by atoms with Gasteiger partial charge in [-0.05, 0) is 43.3 Å². The van der Waals surface area contributed by atoms with Gasteiger partial charge in [-0.2, -0.15) is 18.3 Å². The highest BCUT2D eigenvalue weighted by molar-refractivity contribution is 7.19. The Hall–Kier alpha value is -3.93. The number of fused-ring (bicyclic) bond motifs is 1. The average Bonchev–Trinajstić information content (AvgIpc) is 3.39. The predicted molar refractivity (Wildman–Crippen MR) is 118 cm³/mol. The largest absolute Gasteiger partial charge is 0.497 e. The molecule has 0 saturated heterocycles. The maximum atomic E-state index is 11.7. The minimum absolute atomic E-state index is 0.319. The van der Waals surface area contributed by atoms with Crippen LogP contribution in [0.3, 0.4) is 0 Å². The van der Waals surface area contributed by atoms with E-state index in [0.717, 1.165) is 32.5 Å². The van der Waals surface area contributed by atoms with E-state index in [9.17, 15) is 18.0 Å². The van der Waals surface area contributed by atoms with Crippen molar-refractivity contribution in [2.75, 3.05) is 13.7 Å². The molecule has 34 heavy (non-hydrogen) atoms. The highest BCUT2D eigenvalue weighted by Gasteiger charge is 2.38. The van der Waals surface area contributed by atoms with Crippen LogP contribution in [0.5, 0.6) is 5.75 Å². The summed E-state index contributed by atoms with van der Waals surface area (Å²) in [6.07, 6.45) is -3.20. The summed E-state index contributed by atoms with van der Waals surface area (Å²) in [4.78, 5) is 26.1. The third kappa shape index (κ3) is 5.90. The van der Waals surface area contributed by atoms with Gasteiger partial charge in [0.05, 0.1) is 31.2 Å². The first-order valence-corrected chi connectivity index (χ1v) is 10.5. The number of alkyl halides is 3. The fourth-order valence-corrected chi connectivity index (χ4v) is 3.57. The van der Waals surface area contributed by atoms with Crippen LogP contribution < -0.4 is 4.74 Å². The maximum Gasteiger partial charge on any atom is 0.490 e. The summed E-state index contributed by atoms with van der Waals surface area (Å²) in [6, 6.07) is 15.0. The Morgan fingerprint density at radius 3 is 2.15 bits per heavy atom. The second-order valence-corrected chi connectivity index (χ2v) is 7.55. The average molecular weight is 493 g/mol. The molecule has 4 aromatic rings. The van der Waals surface area contributed by atoms with Gasteiger partial charge in [-0.25, -0.2) is 19.1 Å². The summed E-state index contributed by atoms with van der Waals surface area (Å²) in [5.74, 6) is -2.26. The molecular formula is C22H18F3N3O5S. The molecule has 0 bridgehead atoms. The summed E-state index contributed by atoms with van der Waals surface area (Å²) < 4.78 is 43.7. The van der Waals surface area contributed by atoms with Crippen molar-refractivity contribution in [1.29, 1.82) is 0 Å². The van der Waals surface area contributed by atoms with Crippen molar-refractivity contribution in [1.82, 2.24) is 14.6 Å². The van der Waals surface area contributed by atoms with E-state index in [2.05, 4.69) is 10.1 Å². The molecule has 178 valence electrons. The molecule has 0 fully saturated rings. The number of carbonyl (C=O) groups is 2. The van der Waals surface area contributed by atoms with Crippen LogP contribution in [0.25, 0.3) is 26.8 Å². The molecule has 0 unspecified atom stereocenters. The Labute approximate surface area is 195 Å². The van der Waals surface area contributed by atoms with Crippen molar-refractivity contribution in [3.8, 4) is 27.6 Å². The van der Waals surface area contributed by atoms with E-state index in [1.165, 1.54) is 11.3 Å². The second kappa shape index (κ2) is 10.3. The number of benzene rings is 2. The number of hydrogen-bond acceptors (Lipinski definition) is 7. The van der Waals surface area contributed by atoms with Gasteiger partial charge in [0, 0.05) is 11.1 Å². The number of nitrogens with zero attached hydrogens (tertiary/aromatic N) is 3. The van der Waals surface area contributed by atoms with Gasteiger partial charge in [-0.3, -0.25) is 0 Å². The quantitative estimate of drug-likeness (QED) is 0.393. The molecule has 0 saturated carbocycles. The summed E-state index contributed by atoms with van der Waals surface area (Å²) >= 11 is 1.52. The number of aliphatic carboxylic acids is 1. The Kier molecular flexibility index (Phi) is 7.51. The van der Waals surface area contributed by atoms with E-state index >= 15 is 0 Å². The standard InChI is InChI=1S/C20H17N3O3S.C2HF3O2/c1-3-26-19(24)15-6-4-13(5-7-15)17-12-23-20(21-17)27-18(22-23)14-8-10-16(25-2)11-9-14;3-2(4,5)1(6)7/h4-12H,3H2,1-2H3;(H,6,7). The van der Waals surface area contributed by atoms with Gasteiger partial charge in [0.1, 0.15) is 10.8 Å². The molecule has 0 aliphatic heterocycles. The van der Waals surface area contributed by atoms with E-state index in [1.807, 2.05) is 42.6 Å². The molecule has 2 aromatic carbocycles. The van der Waals surface area contributed by atoms with Crippen molar-refractivity contribution in [3.63, 3.8) is 0 Å². The van der Waals surface area contributed by atoms with Crippen LogP contribution in [0.15, 0.2) is 54.7 Å². The molecule has 2 heterocycles. The van der Waals surface area contributed by atoms with Crippen molar-refractivity contribution in [3.05, 3.63) is 60.3 Å². The lowest BCUT2D eigenvalue weighted by Crippen LogP contribution is -2.21. The molecule has 1 N–H and O–H groups in total. The minimum atomic E-state index is -5.08. The van der Waals surface area contributed by atoms with Gasteiger partial charge in [-0.1, -0.05) is 23.5 Å². The predicted octanol–water partition coefficient (Wildman–Crippen LogP) is 4.94. The number of carboxylic acid groups (broad SMARTS) is 1. The number of hydrogen-bond donors (Lipinski definition) is 1. The first kappa shape index (κ1) is 24.7. The van der Waals surface area contributed by atoms with Crippen molar-refractivity contribution < 1.29 is 37.3 Å². The minimum Gasteiger partial charge on any atom is -0.497 e. The number of carboxylic acids is 1. The Morgan fingerprint density at radius 2 is 1.65 bits per heavy atom. The zero-order valence-electron chi connectivity index (χ0n) is 17.9. The van der Waals surface area contributed by atoms with Gasteiger partial charge in [-0.15, -0.1) is 0 Å². The number of methoxy groups -OCH3 is 1. The fraction of sp³-hybridized carbons (Fsp3) is 0.182. The number of aromatic nitrogens is 3. The third-order valence-corrected chi connectivity index (χ3v) is 5.29. The molecule has 0 amide bonds. The van der Waals surface area contributed by atoms with Crippen LogP contribution in [0.2, 0.25) is 0 Å². The molecule has 12 heteroatoms. The summed E-state index contributed by atoms with van der Waals surface area (Å²) in [5.41, 5.74) is 3.28. The van der Waals surface area contributed by atoms with Crippen LogP contribution in [0.1, 0.15) is 17.3 Å². The molecule has 4 rings (SSSR count). The number of imidazole rings is 1. The topological polar surface area (TPSA) is 103 Å². The number of rotatable bonds is 5. The third-order valence-electron chi connectivity index (χ3n) is 4.31. The summed E-state index contributed by atoms with van der Waals surface area (Å²) in [7, 11) is 1.65. The van der Waals surface area contributed by atoms with Crippen molar-refractivity contribution in [2.45, 2.75) is 13.1 Å². The molecule has 0 aliphatic rings. The number of halogens is 3. The molecule has 0 radical (unpaired) electrons. The van der Waals surface area contributed by atoms with Gasteiger partial charge in [0.25, 0.3) is 0 Å². The molecule has 2 aromatic heterocycles. The second-order valence-electron chi connectivity index (χ2n) is 6.59. The molecule has 0 aliphatic carbocycles. The van der Waals surface area contributed by atoms with E-state index < -0.39 is 12.1 Å². The zero-order valence-corrected chi connectivity index (χ0v) is 18.7. The lowest BCUT2D eigenvalue weighted by Gasteiger charge is -2.02. The van der Waals surface area contributed by atoms with Crippen molar-refractivity contribution >= 4 is 28.2 Å². The zero-order chi connectivity index (χ0) is 24.9. The monoisotopic (exact) mass is 493 g/mol. The first-order chi connectivity index (χ1) is 16.1. The van der Waals surface area contributed by atoms with Gasteiger partial charge >= 0.3 is 18.1 Å². The van der Waals surface area contributed by atoms with Crippen LogP contribution >= 0.6 is 11.3 Å². The summed E-state index contributed by atoms with van der Waals surface area (Å²) in [5, 5.41) is 12.6. The number of esters is 1. The number of carbonyl (C=O) groups excluding carboxylic acids is 1. The van der Waals surface area contributed by atoms with E-state index in [4.69, 9.17) is 19.4 Å². The summed E-state index contributed by atoms with van der Waals surface area (Å²) in [6.45, 7) is 2.15. The van der Waals surface area contributed by atoms with Gasteiger partial charge in [0.15, 0.2) is 0 Å². The SMILES string of the molecule is CCOC(=O)c1ccc(-c2cn3nc(-c4ccc(OC)cc4)sc3n2)cc1.O=C(O)C(F)(F)F.